The number of ether oxygens (including phenoxy) is 2. The predicted molar refractivity (Wildman–Crippen MR) is 133 cm³/mol. The molecule has 0 aliphatic carbocycles. The standard InChI is InChI=1S/C26H33N5O4/c1-16-10-17(2)28-25(23(16)15-27)31-8-6-20(7-9-31)30-26(33)24(29-18(3)32)13-19-11-21(34-4)14-22(12-19)35-5/h10-12,14,20,24H,6-9,13H2,1-5H3,(H,29,32)(H,30,33)/t24-/m1/s1. The second-order valence-corrected chi connectivity index (χ2v) is 8.84. The van der Waals surface area contributed by atoms with Crippen LogP contribution in [0, 0.1) is 25.2 Å². The number of hydrogen-bond donors (Lipinski definition) is 2. The molecule has 2 aromatic rings. The number of carbonyl (C=O) groups excluding carboxylic acids is 2. The van der Waals surface area contributed by atoms with Gasteiger partial charge in [0.25, 0.3) is 0 Å². The fourth-order valence-electron chi connectivity index (χ4n) is 4.40. The molecule has 3 rings (SSSR count). The zero-order valence-electron chi connectivity index (χ0n) is 21.0. The van der Waals surface area contributed by atoms with Crippen LogP contribution >= 0.6 is 0 Å². The van der Waals surface area contributed by atoms with Crippen LogP contribution in [0.3, 0.4) is 0 Å². The monoisotopic (exact) mass is 479 g/mol. The Kier molecular flexibility index (Phi) is 8.53. The van der Waals surface area contributed by atoms with E-state index in [9.17, 15) is 14.9 Å². The molecule has 1 aliphatic heterocycles. The van der Waals surface area contributed by atoms with E-state index in [0.717, 1.165) is 16.8 Å². The van der Waals surface area contributed by atoms with E-state index in [-0.39, 0.29) is 17.9 Å². The van der Waals surface area contributed by atoms with E-state index in [1.807, 2.05) is 32.0 Å². The van der Waals surface area contributed by atoms with Crippen LogP contribution in [0.25, 0.3) is 0 Å². The largest absolute Gasteiger partial charge is 0.497 e. The summed E-state index contributed by atoms with van der Waals surface area (Å²) in [5, 5.41) is 15.5. The number of pyridine rings is 1. The van der Waals surface area contributed by atoms with Crippen LogP contribution in [-0.2, 0) is 16.0 Å². The van der Waals surface area contributed by atoms with Crippen molar-refractivity contribution in [1.29, 1.82) is 5.26 Å². The van der Waals surface area contributed by atoms with E-state index >= 15 is 0 Å². The summed E-state index contributed by atoms with van der Waals surface area (Å²) in [7, 11) is 3.13. The van der Waals surface area contributed by atoms with Gasteiger partial charge in [0.05, 0.1) is 19.8 Å². The van der Waals surface area contributed by atoms with Crippen molar-refractivity contribution in [3.63, 3.8) is 0 Å². The molecule has 1 aromatic carbocycles. The summed E-state index contributed by atoms with van der Waals surface area (Å²) in [4.78, 5) is 31.7. The zero-order valence-corrected chi connectivity index (χ0v) is 21.0. The first-order valence-corrected chi connectivity index (χ1v) is 11.7. The first kappa shape index (κ1) is 25.8. The number of rotatable bonds is 8. The maximum Gasteiger partial charge on any atom is 0.243 e. The van der Waals surface area contributed by atoms with Crippen LogP contribution < -0.4 is 25.0 Å². The molecule has 1 aromatic heterocycles. The van der Waals surface area contributed by atoms with Gasteiger partial charge in [0.2, 0.25) is 11.8 Å². The van der Waals surface area contributed by atoms with Gasteiger partial charge in [-0.2, -0.15) is 5.26 Å². The maximum absolute atomic E-state index is 13.1. The predicted octanol–water partition coefficient (Wildman–Crippen LogP) is 2.42. The Hall–Kier alpha value is -3.80. The van der Waals surface area contributed by atoms with Crippen molar-refractivity contribution in [3.8, 4) is 17.6 Å². The number of carbonyl (C=O) groups is 2. The van der Waals surface area contributed by atoms with Crippen LogP contribution in [0.1, 0.15) is 42.1 Å². The highest BCUT2D eigenvalue weighted by Gasteiger charge is 2.27. The fourth-order valence-corrected chi connectivity index (χ4v) is 4.40. The minimum absolute atomic E-state index is 0.0358. The molecule has 2 N–H and O–H groups in total. The van der Waals surface area contributed by atoms with Crippen molar-refractivity contribution in [1.82, 2.24) is 15.6 Å². The molecule has 9 heteroatoms. The quantitative estimate of drug-likeness (QED) is 0.597. The van der Waals surface area contributed by atoms with Crippen molar-refractivity contribution in [3.05, 3.63) is 46.6 Å². The van der Waals surface area contributed by atoms with Crippen molar-refractivity contribution in [2.24, 2.45) is 0 Å². The number of amides is 2. The van der Waals surface area contributed by atoms with Crippen LogP contribution in [-0.4, -0.2) is 56.2 Å². The lowest BCUT2D eigenvalue weighted by molar-refractivity contribution is -0.128. The average Bonchev–Trinajstić information content (AvgIpc) is 2.83. The summed E-state index contributed by atoms with van der Waals surface area (Å²) in [6, 6.07) is 8.83. The summed E-state index contributed by atoms with van der Waals surface area (Å²) in [6.45, 7) is 6.59. The van der Waals surface area contributed by atoms with Gasteiger partial charge in [0.15, 0.2) is 0 Å². The Balaban J connectivity index is 1.67. The number of aromatic nitrogens is 1. The van der Waals surface area contributed by atoms with Crippen molar-refractivity contribution in [2.75, 3.05) is 32.2 Å². The van der Waals surface area contributed by atoms with Gasteiger partial charge >= 0.3 is 0 Å². The molecule has 186 valence electrons. The summed E-state index contributed by atoms with van der Waals surface area (Å²) >= 11 is 0. The van der Waals surface area contributed by atoms with Gasteiger partial charge in [-0.15, -0.1) is 0 Å². The number of methoxy groups -OCH3 is 2. The first-order chi connectivity index (χ1) is 16.7. The summed E-state index contributed by atoms with van der Waals surface area (Å²) in [5.74, 6) is 1.43. The van der Waals surface area contributed by atoms with Gasteiger partial charge < -0.3 is 25.0 Å². The number of anilines is 1. The molecular formula is C26H33N5O4. The van der Waals surface area contributed by atoms with Gasteiger partial charge in [-0.05, 0) is 56.0 Å². The van der Waals surface area contributed by atoms with Gasteiger partial charge in [-0.1, -0.05) is 0 Å². The number of nitrogens with zero attached hydrogens (tertiary/aromatic N) is 3. The summed E-state index contributed by atoms with van der Waals surface area (Å²) in [5.41, 5.74) is 3.20. The first-order valence-electron chi connectivity index (χ1n) is 11.7. The highest BCUT2D eigenvalue weighted by Crippen LogP contribution is 2.26. The van der Waals surface area contributed by atoms with Gasteiger partial charge in [0, 0.05) is 44.2 Å². The van der Waals surface area contributed by atoms with Gasteiger partial charge in [-0.25, -0.2) is 4.98 Å². The Morgan fingerprint density at radius 1 is 1.14 bits per heavy atom. The van der Waals surface area contributed by atoms with Crippen LogP contribution in [0.5, 0.6) is 11.5 Å². The van der Waals surface area contributed by atoms with E-state index in [1.165, 1.54) is 6.92 Å². The average molecular weight is 480 g/mol. The van der Waals surface area contributed by atoms with E-state index < -0.39 is 6.04 Å². The summed E-state index contributed by atoms with van der Waals surface area (Å²) < 4.78 is 10.6. The van der Waals surface area contributed by atoms with E-state index in [1.54, 1.807) is 20.3 Å². The molecule has 0 unspecified atom stereocenters. The molecule has 2 heterocycles. The van der Waals surface area contributed by atoms with Crippen molar-refractivity contribution in [2.45, 2.75) is 52.1 Å². The molecule has 2 amide bonds. The van der Waals surface area contributed by atoms with Crippen LogP contribution in [0.4, 0.5) is 5.82 Å². The van der Waals surface area contributed by atoms with Crippen molar-refractivity contribution >= 4 is 17.6 Å². The smallest absolute Gasteiger partial charge is 0.243 e. The third kappa shape index (κ3) is 6.63. The second kappa shape index (κ2) is 11.6. The third-order valence-corrected chi connectivity index (χ3v) is 6.12. The highest BCUT2D eigenvalue weighted by molar-refractivity contribution is 5.87. The highest BCUT2D eigenvalue weighted by atomic mass is 16.5. The number of hydrogen-bond acceptors (Lipinski definition) is 7. The fraction of sp³-hybridized carbons (Fsp3) is 0.462. The lowest BCUT2D eigenvalue weighted by atomic mass is 10.0. The molecule has 1 fully saturated rings. The van der Waals surface area contributed by atoms with Gasteiger partial charge in [-0.3, -0.25) is 9.59 Å². The summed E-state index contributed by atoms with van der Waals surface area (Å²) in [6.07, 6.45) is 1.73. The normalized spacial score (nSPS) is 14.6. The van der Waals surface area contributed by atoms with Crippen LogP contribution in [0.15, 0.2) is 24.3 Å². The number of piperidine rings is 1. The molecule has 0 bridgehead atoms. The molecule has 1 aliphatic rings. The number of nitriles is 1. The minimum atomic E-state index is -0.728. The van der Waals surface area contributed by atoms with E-state index in [0.29, 0.717) is 55.2 Å². The number of benzene rings is 1. The Morgan fingerprint density at radius 2 is 1.77 bits per heavy atom. The number of nitrogens with one attached hydrogen (secondary N) is 2. The van der Waals surface area contributed by atoms with E-state index in [4.69, 9.17) is 9.47 Å². The molecule has 9 nitrogen and oxygen atoms in total. The topological polar surface area (TPSA) is 117 Å². The van der Waals surface area contributed by atoms with Gasteiger partial charge in [0.1, 0.15) is 29.4 Å². The van der Waals surface area contributed by atoms with E-state index in [2.05, 4.69) is 26.6 Å². The number of aryl methyl sites for hydroxylation is 2. The van der Waals surface area contributed by atoms with Crippen molar-refractivity contribution < 1.29 is 19.1 Å². The molecule has 0 saturated carbocycles. The Morgan fingerprint density at radius 3 is 2.31 bits per heavy atom. The second-order valence-electron chi connectivity index (χ2n) is 8.84. The Bertz CT molecular complexity index is 1100. The maximum atomic E-state index is 13.1. The van der Waals surface area contributed by atoms with Crippen LogP contribution in [0.2, 0.25) is 0 Å². The molecule has 0 radical (unpaired) electrons. The molecule has 1 saturated heterocycles. The Labute approximate surface area is 206 Å². The zero-order chi connectivity index (χ0) is 25.5. The molecular weight excluding hydrogens is 446 g/mol. The molecule has 0 spiro atoms. The molecule has 35 heavy (non-hydrogen) atoms. The minimum Gasteiger partial charge on any atom is -0.497 e. The SMILES string of the molecule is COc1cc(C[C@@H](NC(C)=O)C(=O)NC2CCN(c3nc(C)cc(C)c3C#N)CC2)cc(OC)c1. The third-order valence-electron chi connectivity index (χ3n) is 6.12. The lowest BCUT2D eigenvalue weighted by Gasteiger charge is -2.34. The lowest BCUT2D eigenvalue weighted by Crippen LogP contribution is -2.52. The molecule has 1 atom stereocenters.